The third kappa shape index (κ3) is 2.63. The first-order chi connectivity index (χ1) is 9.32. The van der Waals surface area contributed by atoms with Crippen LogP contribution >= 0.6 is 27.5 Å². The summed E-state index contributed by atoms with van der Waals surface area (Å²) in [5.41, 5.74) is 2.98. The molecule has 0 amide bonds. The highest BCUT2D eigenvalue weighted by Gasteiger charge is 2.19. The van der Waals surface area contributed by atoms with Gasteiger partial charge in [0.2, 0.25) is 0 Å². The number of hydrogen-bond donors (Lipinski definition) is 1. The lowest BCUT2D eigenvalue weighted by Gasteiger charge is -2.17. The van der Waals surface area contributed by atoms with Crippen molar-refractivity contribution in [1.82, 2.24) is 4.57 Å². The number of halogens is 2. The number of rotatable bonds is 3. The van der Waals surface area contributed by atoms with Gasteiger partial charge in [0, 0.05) is 21.1 Å². The highest BCUT2D eigenvalue weighted by molar-refractivity contribution is 9.10. The number of hydrogen-bond acceptors (Lipinski definition) is 1. The van der Waals surface area contributed by atoms with Crippen molar-refractivity contribution in [1.29, 1.82) is 0 Å². The molecule has 0 atom stereocenters. The van der Waals surface area contributed by atoms with E-state index in [1.54, 1.807) is 10.6 Å². The van der Waals surface area contributed by atoms with Crippen LogP contribution in [0, 0.1) is 6.92 Å². The molecule has 0 aliphatic rings. The van der Waals surface area contributed by atoms with Crippen LogP contribution in [0.1, 0.15) is 35.9 Å². The molecule has 1 N–H and O–H groups in total. The van der Waals surface area contributed by atoms with Crippen molar-refractivity contribution in [2.24, 2.45) is 0 Å². The maximum atomic E-state index is 11.3. The molecule has 2 aromatic rings. The second-order valence-corrected chi connectivity index (χ2v) is 6.22. The van der Waals surface area contributed by atoms with Gasteiger partial charge in [0.05, 0.1) is 5.69 Å². The first-order valence-corrected chi connectivity index (χ1v) is 7.40. The van der Waals surface area contributed by atoms with E-state index in [4.69, 9.17) is 11.6 Å². The van der Waals surface area contributed by atoms with E-state index in [1.807, 2.05) is 39.0 Å². The molecule has 1 aromatic carbocycles. The average molecular weight is 357 g/mol. The van der Waals surface area contributed by atoms with Gasteiger partial charge in [-0.15, -0.1) is 0 Å². The standard InChI is InChI=1S/C15H15BrClNO2/c1-8(2)18-13(4-5-14(18)15(19)20)10-7-12(17)9(3)6-11(10)16/h4-8H,1-3H3,(H,19,20). The fourth-order valence-corrected chi connectivity index (χ4v) is 3.07. The first kappa shape index (κ1) is 15.1. The number of carboxylic acids is 1. The van der Waals surface area contributed by atoms with Crippen molar-refractivity contribution in [2.75, 3.05) is 0 Å². The summed E-state index contributed by atoms with van der Waals surface area (Å²) in [6.07, 6.45) is 0. The van der Waals surface area contributed by atoms with Gasteiger partial charge < -0.3 is 9.67 Å². The molecule has 106 valence electrons. The summed E-state index contributed by atoms with van der Waals surface area (Å²) in [6, 6.07) is 7.28. The van der Waals surface area contributed by atoms with Crippen LogP contribution in [0.25, 0.3) is 11.3 Å². The van der Waals surface area contributed by atoms with Crippen molar-refractivity contribution in [2.45, 2.75) is 26.8 Å². The van der Waals surface area contributed by atoms with Crippen molar-refractivity contribution in [3.05, 3.63) is 45.0 Å². The molecule has 0 spiro atoms. The van der Waals surface area contributed by atoms with E-state index in [-0.39, 0.29) is 11.7 Å². The van der Waals surface area contributed by atoms with Crippen LogP contribution in [0.15, 0.2) is 28.7 Å². The topological polar surface area (TPSA) is 42.2 Å². The largest absolute Gasteiger partial charge is 0.477 e. The van der Waals surface area contributed by atoms with Gasteiger partial charge in [-0.1, -0.05) is 27.5 Å². The molecule has 20 heavy (non-hydrogen) atoms. The van der Waals surface area contributed by atoms with E-state index in [1.165, 1.54) is 0 Å². The number of aromatic nitrogens is 1. The first-order valence-electron chi connectivity index (χ1n) is 6.23. The third-order valence-corrected chi connectivity index (χ3v) is 4.24. The van der Waals surface area contributed by atoms with E-state index in [2.05, 4.69) is 15.9 Å². The molecule has 0 fully saturated rings. The lowest BCUT2D eigenvalue weighted by Crippen LogP contribution is -2.11. The fraction of sp³-hybridized carbons (Fsp3) is 0.267. The summed E-state index contributed by atoms with van der Waals surface area (Å²) < 4.78 is 2.70. The number of carboxylic acid groups (broad SMARTS) is 1. The summed E-state index contributed by atoms with van der Waals surface area (Å²) in [5, 5.41) is 9.95. The van der Waals surface area contributed by atoms with E-state index < -0.39 is 5.97 Å². The maximum absolute atomic E-state index is 11.3. The molecular weight excluding hydrogens is 342 g/mol. The van der Waals surface area contributed by atoms with E-state index in [0.717, 1.165) is 21.3 Å². The lowest BCUT2D eigenvalue weighted by atomic mass is 10.1. The number of nitrogens with zero attached hydrogens (tertiary/aromatic N) is 1. The molecule has 1 heterocycles. The Balaban J connectivity index is 2.70. The summed E-state index contributed by atoms with van der Waals surface area (Å²) in [6.45, 7) is 5.85. The van der Waals surface area contributed by atoms with Crippen LogP contribution in [0.3, 0.4) is 0 Å². The molecule has 0 saturated carbocycles. The fourth-order valence-electron chi connectivity index (χ4n) is 2.24. The van der Waals surface area contributed by atoms with Crippen molar-refractivity contribution in [3.63, 3.8) is 0 Å². The molecular formula is C15H15BrClNO2. The van der Waals surface area contributed by atoms with Crippen LogP contribution in [0.5, 0.6) is 0 Å². The van der Waals surface area contributed by atoms with Gasteiger partial charge in [-0.2, -0.15) is 0 Å². The molecule has 1 aromatic heterocycles. The monoisotopic (exact) mass is 355 g/mol. The zero-order valence-electron chi connectivity index (χ0n) is 11.4. The Morgan fingerprint density at radius 2 is 2.00 bits per heavy atom. The van der Waals surface area contributed by atoms with Crippen LogP contribution in [0.4, 0.5) is 0 Å². The van der Waals surface area contributed by atoms with E-state index in [9.17, 15) is 9.90 Å². The van der Waals surface area contributed by atoms with Gasteiger partial charge in [0.1, 0.15) is 5.69 Å². The molecule has 0 bridgehead atoms. The zero-order valence-corrected chi connectivity index (χ0v) is 13.8. The molecule has 0 saturated heterocycles. The Hall–Kier alpha value is -1.26. The Bertz CT molecular complexity index is 677. The van der Waals surface area contributed by atoms with Crippen LogP contribution in [-0.4, -0.2) is 15.6 Å². The quantitative estimate of drug-likeness (QED) is 0.825. The summed E-state index contributed by atoms with van der Waals surface area (Å²) in [4.78, 5) is 11.3. The third-order valence-electron chi connectivity index (χ3n) is 3.18. The van der Waals surface area contributed by atoms with Crippen molar-refractivity contribution >= 4 is 33.5 Å². The smallest absolute Gasteiger partial charge is 0.352 e. The Labute approximate surface area is 131 Å². The van der Waals surface area contributed by atoms with Gasteiger partial charge in [-0.25, -0.2) is 4.79 Å². The van der Waals surface area contributed by atoms with E-state index in [0.29, 0.717) is 5.02 Å². The highest BCUT2D eigenvalue weighted by Crippen LogP contribution is 2.35. The Kier molecular flexibility index (Phi) is 4.25. The van der Waals surface area contributed by atoms with Gasteiger partial charge in [-0.05, 0) is 50.6 Å². The molecule has 0 unspecified atom stereocenters. The molecule has 5 heteroatoms. The zero-order chi connectivity index (χ0) is 15.0. The number of carbonyl (C=O) groups is 1. The SMILES string of the molecule is Cc1cc(Br)c(-c2ccc(C(=O)O)n2C(C)C)cc1Cl. The maximum Gasteiger partial charge on any atom is 0.352 e. The van der Waals surface area contributed by atoms with Gasteiger partial charge in [0.15, 0.2) is 0 Å². The molecule has 0 aliphatic heterocycles. The number of benzene rings is 1. The highest BCUT2D eigenvalue weighted by atomic mass is 79.9. The predicted molar refractivity (Wildman–Crippen MR) is 84.7 cm³/mol. The minimum absolute atomic E-state index is 0.0399. The molecule has 0 radical (unpaired) electrons. The van der Waals surface area contributed by atoms with E-state index >= 15 is 0 Å². The second kappa shape index (κ2) is 5.62. The Morgan fingerprint density at radius 1 is 1.35 bits per heavy atom. The summed E-state index contributed by atoms with van der Waals surface area (Å²) in [5.74, 6) is -0.931. The van der Waals surface area contributed by atoms with Crippen molar-refractivity contribution < 1.29 is 9.90 Å². The van der Waals surface area contributed by atoms with Crippen LogP contribution in [0.2, 0.25) is 5.02 Å². The molecule has 2 rings (SSSR count). The molecule has 0 aliphatic carbocycles. The van der Waals surface area contributed by atoms with Crippen LogP contribution in [-0.2, 0) is 0 Å². The normalized spacial score (nSPS) is 11.1. The second-order valence-electron chi connectivity index (χ2n) is 4.95. The molecule has 3 nitrogen and oxygen atoms in total. The van der Waals surface area contributed by atoms with Gasteiger partial charge >= 0.3 is 5.97 Å². The summed E-state index contributed by atoms with van der Waals surface area (Å²) >= 11 is 9.72. The van der Waals surface area contributed by atoms with Gasteiger partial charge in [-0.3, -0.25) is 0 Å². The average Bonchev–Trinajstić information content (AvgIpc) is 2.78. The predicted octanol–water partition coefficient (Wildman–Crippen LogP) is 5.16. The Morgan fingerprint density at radius 3 is 2.55 bits per heavy atom. The minimum atomic E-state index is -0.931. The minimum Gasteiger partial charge on any atom is -0.477 e. The summed E-state index contributed by atoms with van der Waals surface area (Å²) in [7, 11) is 0. The van der Waals surface area contributed by atoms with Gasteiger partial charge in [0.25, 0.3) is 0 Å². The van der Waals surface area contributed by atoms with Crippen molar-refractivity contribution in [3.8, 4) is 11.3 Å². The number of aryl methyl sites for hydroxylation is 1. The van der Waals surface area contributed by atoms with Crippen LogP contribution < -0.4 is 0 Å². The number of aromatic carboxylic acids is 1. The lowest BCUT2D eigenvalue weighted by molar-refractivity contribution is 0.0683.